The molecular weight excluding hydrogens is 473 g/mol. The molecule has 0 radical (unpaired) electrons. The van der Waals surface area contributed by atoms with E-state index in [-0.39, 0.29) is 30.2 Å². The number of benzene rings is 2. The minimum atomic E-state index is -3.50. The molecule has 5 rings (SSSR count). The zero-order valence-electron chi connectivity index (χ0n) is 19.6. The number of hydrogen-bond donors (Lipinski definition) is 0. The molecule has 35 heavy (non-hydrogen) atoms. The van der Waals surface area contributed by atoms with Crippen molar-refractivity contribution in [1.82, 2.24) is 14.1 Å². The predicted molar refractivity (Wildman–Crippen MR) is 128 cm³/mol. The van der Waals surface area contributed by atoms with Gasteiger partial charge in [0.25, 0.3) is 0 Å². The van der Waals surface area contributed by atoms with Crippen molar-refractivity contribution in [2.45, 2.75) is 25.1 Å². The summed E-state index contributed by atoms with van der Waals surface area (Å²) in [6.45, 7) is 4.67. The Morgan fingerprint density at radius 3 is 2.26 bits per heavy atom. The third kappa shape index (κ3) is 5.60. The van der Waals surface area contributed by atoms with Crippen molar-refractivity contribution in [1.29, 1.82) is 0 Å². The summed E-state index contributed by atoms with van der Waals surface area (Å²) in [5.41, 5.74) is 1.71. The molecule has 2 saturated heterocycles. The largest absolute Gasteiger partial charge is 0.454 e. The molecular formula is C25H30FN3O5S. The van der Waals surface area contributed by atoms with Crippen molar-refractivity contribution in [3.05, 3.63) is 59.4 Å². The van der Waals surface area contributed by atoms with Gasteiger partial charge in [-0.3, -0.25) is 9.69 Å². The SMILES string of the molecule is O=C(C1CCN(S(=O)(=O)Cc2ccc(F)cc2)CC1)N1CCN(Cc2ccc3c(c2)OCO3)CC1. The minimum absolute atomic E-state index is 0.128. The molecule has 0 aromatic heterocycles. The number of amides is 1. The van der Waals surface area contributed by atoms with Crippen molar-refractivity contribution >= 4 is 15.9 Å². The van der Waals surface area contributed by atoms with Crippen LogP contribution in [0.2, 0.25) is 0 Å². The molecule has 0 saturated carbocycles. The Kier molecular flexibility index (Phi) is 6.95. The molecule has 0 bridgehead atoms. The summed E-state index contributed by atoms with van der Waals surface area (Å²) in [5.74, 6) is 0.994. The monoisotopic (exact) mass is 503 g/mol. The third-order valence-electron chi connectivity index (χ3n) is 6.99. The predicted octanol–water partition coefficient (Wildman–Crippen LogP) is 2.44. The molecule has 8 nitrogen and oxygen atoms in total. The van der Waals surface area contributed by atoms with E-state index in [4.69, 9.17) is 9.47 Å². The lowest BCUT2D eigenvalue weighted by molar-refractivity contribution is -0.138. The van der Waals surface area contributed by atoms with Gasteiger partial charge in [-0.2, -0.15) is 0 Å². The topological polar surface area (TPSA) is 79.4 Å². The highest BCUT2D eigenvalue weighted by molar-refractivity contribution is 7.88. The van der Waals surface area contributed by atoms with E-state index in [9.17, 15) is 17.6 Å². The molecule has 10 heteroatoms. The first-order valence-electron chi connectivity index (χ1n) is 12.0. The van der Waals surface area contributed by atoms with E-state index in [0.29, 0.717) is 44.6 Å². The van der Waals surface area contributed by atoms with E-state index in [2.05, 4.69) is 4.90 Å². The van der Waals surface area contributed by atoms with Crippen LogP contribution in [0.25, 0.3) is 0 Å². The van der Waals surface area contributed by atoms with Crippen LogP contribution in [-0.2, 0) is 27.1 Å². The zero-order valence-corrected chi connectivity index (χ0v) is 20.4. The zero-order chi connectivity index (χ0) is 24.4. The molecule has 2 fully saturated rings. The standard InChI is InChI=1S/C25H30FN3O5S/c26-22-4-1-19(2-5-22)17-35(31,32)29-9-7-21(8-10-29)25(30)28-13-11-27(12-14-28)16-20-3-6-23-24(15-20)34-18-33-23/h1-6,15,21H,7-14,16-18H2. The molecule has 0 atom stereocenters. The fourth-order valence-electron chi connectivity index (χ4n) is 4.95. The van der Waals surface area contributed by atoms with Gasteiger partial charge >= 0.3 is 0 Å². The van der Waals surface area contributed by atoms with E-state index in [1.807, 2.05) is 23.1 Å². The third-order valence-corrected chi connectivity index (χ3v) is 8.84. The summed E-state index contributed by atoms with van der Waals surface area (Å²) < 4.78 is 51.0. The average molecular weight is 504 g/mol. The van der Waals surface area contributed by atoms with Crippen LogP contribution in [0.5, 0.6) is 11.5 Å². The molecule has 2 aromatic rings. The highest BCUT2D eigenvalue weighted by Gasteiger charge is 2.34. The van der Waals surface area contributed by atoms with E-state index < -0.39 is 10.0 Å². The van der Waals surface area contributed by atoms with Gasteiger partial charge in [0.15, 0.2) is 11.5 Å². The highest BCUT2D eigenvalue weighted by Crippen LogP contribution is 2.33. The van der Waals surface area contributed by atoms with Gasteiger partial charge in [0.05, 0.1) is 5.75 Å². The second kappa shape index (κ2) is 10.1. The van der Waals surface area contributed by atoms with Crippen LogP contribution >= 0.6 is 0 Å². The average Bonchev–Trinajstić information content (AvgIpc) is 3.33. The summed E-state index contributed by atoms with van der Waals surface area (Å²) in [5, 5.41) is 0. The number of sulfonamides is 1. The van der Waals surface area contributed by atoms with Crippen molar-refractivity contribution in [2.75, 3.05) is 46.1 Å². The first-order valence-corrected chi connectivity index (χ1v) is 13.6. The molecule has 3 heterocycles. The van der Waals surface area contributed by atoms with Crippen LogP contribution in [0.3, 0.4) is 0 Å². The Labute approximate surface area is 205 Å². The van der Waals surface area contributed by atoms with Crippen LogP contribution in [0.15, 0.2) is 42.5 Å². The number of hydrogen-bond acceptors (Lipinski definition) is 6. The van der Waals surface area contributed by atoms with E-state index in [1.54, 1.807) is 0 Å². The first-order chi connectivity index (χ1) is 16.9. The van der Waals surface area contributed by atoms with E-state index in [1.165, 1.54) is 28.6 Å². The van der Waals surface area contributed by atoms with Gasteiger partial charge in [0, 0.05) is 51.7 Å². The molecule has 0 spiro atoms. The van der Waals surface area contributed by atoms with Gasteiger partial charge in [-0.25, -0.2) is 17.1 Å². The number of piperazine rings is 1. The molecule has 3 aliphatic rings. The van der Waals surface area contributed by atoms with Gasteiger partial charge in [-0.15, -0.1) is 0 Å². The lowest BCUT2D eigenvalue weighted by atomic mass is 9.96. The number of nitrogens with zero attached hydrogens (tertiary/aromatic N) is 3. The summed E-state index contributed by atoms with van der Waals surface area (Å²) >= 11 is 0. The Hall–Kier alpha value is -2.69. The summed E-state index contributed by atoms with van der Waals surface area (Å²) in [6.07, 6.45) is 1.05. The maximum absolute atomic E-state index is 13.1. The summed E-state index contributed by atoms with van der Waals surface area (Å²) in [4.78, 5) is 17.3. The lowest BCUT2D eigenvalue weighted by Crippen LogP contribution is -2.51. The Balaban J connectivity index is 1.08. The van der Waals surface area contributed by atoms with Crippen LogP contribution in [0, 0.1) is 11.7 Å². The number of halogens is 1. The fourth-order valence-corrected chi connectivity index (χ4v) is 6.51. The number of fused-ring (bicyclic) bond motifs is 1. The highest BCUT2D eigenvalue weighted by atomic mass is 32.2. The number of carbonyl (C=O) groups is 1. The van der Waals surface area contributed by atoms with Gasteiger partial charge < -0.3 is 14.4 Å². The minimum Gasteiger partial charge on any atom is -0.454 e. The second-order valence-electron chi connectivity index (χ2n) is 9.35. The molecule has 188 valence electrons. The van der Waals surface area contributed by atoms with Gasteiger partial charge in [0.2, 0.25) is 22.7 Å². The number of ether oxygens (including phenoxy) is 2. The number of carbonyl (C=O) groups excluding carboxylic acids is 1. The van der Waals surface area contributed by atoms with E-state index >= 15 is 0 Å². The maximum atomic E-state index is 13.1. The summed E-state index contributed by atoms with van der Waals surface area (Å²) in [7, 11) is -3.50. The van der Waals surface area contributed by atoms with Crippen molar-refractivity contribution < 1.29 is 27.1 Å². The Bertz CT molecular complexity index is 1160. The van der Waals surface area contributed by atoms with E-state index in [0.717, 1.165) is 36.7 Å². The van der Waals surface area contributed by atoms with Crippen LogP contribution < -0.4 is 9.47 Å². The first kappa shape index (κ1) is 24.0. The Morgan fingerprint density at radius 1 is 0.886 bits per heavy atom. The van der Waals surface area contributed by atoms with Crippen molar-refractivity contribution in [3.8, 4) is 11.5 Å². The van der Waals surface area contributed by atoms with Crippen molar-refractivity contribution in [3.63, 3.8) is 0 Å². The normalized spacial score (nSPS) is 19.7. The lowest BCUT2D eigenvalue weighted by Gasteiger charge is -2.38. The Morgan fingerprint density at radius 2 is 1.54 bits per heavy atom. The molecule has 1 amide bonds. The van der Waals surface area contributed by atoms with Crippen LogP contribution in [0.1, 0.15) is 24.0 Å². The molecule has 2 aromatic carbocycles. The fraction of sp³-hybridized carbons (Fsp3) is 0.480. The maximum Gasteiger partial charge on any atom is 0.231 e. The number of piperidine rings is 1. The smallest absolute Gasteiger partial charge is 0.231 e. The van der Waals surface area contributed by atoms with Crippen molar-refractivity contribution in [2.24, 2.45) is 5.92 Å². The van der Waals surface area contributed by atoms with Gasteiger partial charge in [-0.1, -0.05) is 18.2 Å². The molecule has 0 N–H and O–H groups in total. The van der Waals surface area contributed by atoms with Gasteiger partial charge in [-0.05, 0) is 48.2 Å². The quantitative estimate of drug-likeness (QED) is 0.603. The molecule has 0 unspecified atom stereocenters. The molecule has 3 aliphatic heterocycles. The van der Waals surface area contributed by atoms with Crippen LogP contribution in [0.4, 0.5) is 4.39 Å². The molecule has 0 aliphatic carbocycles. The second-order valence-corrected chi connectivity index (χ2v) is 11.3. The van der Waals surface area contributed by atoms with Crippen LogP contribution in [-0.4, -0.2) is 74.5 Å². The number of rotatable bonds is 6. The summed E-state index contributed by atoms with van der Waals surface area (Å²) in [6, 6.07) is 11.5. The van der Waals surface area contributed by atoms with Gasteiger partial charge in [0.1, 0.15) is 5.82 Å².